The van der Waals surface area contributed by atoms with Crippen molar-refractivity contribution >= 4 is 11.6 Å². The minimum atomic E-state index is -4.56. The van der Waals surface area contributed by atoms with E-state index in [2.05, 4.69) is 30.5 Å². The van der Waals surface area contributed by atoms with Crippen LogP contribution >= 0.6 is 0 Å². The van der Waals surface area contributed by atoms with Gasteiger partial charge in [-0.25, -0.2) is 24.0 Å². The van der Waals surface area contributed by atoms with Gasteiger partial charge in [-0.15, -0.1) is 5.10 Å². The van der Waals surface area contributed by atoms with Crippen LogP contribution < -0.4 is 19.5 Å². The van der Waals surface area contributed by atoms with Crippen molar-refractivity contribution in [3.8, 4) is 40.0 Å². The van der Waals surface area contributed by atoms with Gasteiger partial charge in [-0.1, -0.05) is 0 Å². The summed E-state index contributed by atoms with van der Waals surface area (Å²) in [5, 5.41) is 11.9. The van der Waals surface area contributed by atoms with Crippen LogP contribution in [0.5, 0.6) is 17.5 Å². The average Bonchev–Trinajstić information content (AvgIpc) is 3.60. The van der Waals surface area contributed by atoms with Crippen LogP contribution in [0.25, 0.3) is 22.5 Å². The van der Waals surface area contributed by atoms with Gasteiger partial charge in [0.1, 0.15) is 29.6 Å². The Morgan fingerprint density at radius 2 is 1.89 bits per heavy atom. The zero-order valence-corrected chi connectivity index (χ0v) is 24.8. The molecule has 0 spiro atoms. The second kappa shape index (κ2) is 12.9. The number of hydrogen-bond donors (Lipinski definition) is 1. The third-order valence-corrected chi connectivity index (χ3v) is 7.69. The molecule has 6 rings (SSSR count). The van der Waals surface area contributed by atoms with Crippen LogP contribution in [0.15, 0.2) is 36.9 Å². The summed E-state index contributed by atoms with van der Waals surface area (Å²) in [7, 11) is 1.76. The number of nitrogens with zero attached hydrogens (tertiary/aromatic N) is 8. The maximum atomic E-state index is 13.2. The molecule has 0 radical (unpaired) electrons. The summed E-state index contributed by atoms with van der Waals surface area (Å²) in [4.78, 5) is 15.5. The Hall–Kier alpha value is -4.47. The van der Waals surface area contributed by atoms with Crippen LogP contribution in [-0.2, 0) is 7.05 Å². The summed E-state index contributed by atoms with van der Waals surface area (Å²) in [6, 6.07) is 3.25. The van der Waals surface area contributed by atoms with Gasteiger partial charge in [-0.2, -0.15) is 18.3 Å². The normalized spacial score (nSPS) is 17.9. The summed E-state index contributed by atoms with van der Waals surface area (Å²) < 4.78 is 73.5. The summed E-state index contributed by atoms with van der Waals surface area (Å²) >= 11 is 0. The van der Waals surface area contributed by atoms with Gasteiger partial charge >= 0.3 is 6.18 Å². The smallest absolute Gasteiger partial charge is 0.422 e. The molecule has 0 saturated carbocycles. The quantitative estimate of drug-likeness (QED) is 0.292. The first-order chi connectivity index (χ1) is 21.7. The summed E-state index contributed by atoms with van der Waals surface area (Å²) in [5.74, 6) is 1.95. The molecule has 1 saturated heterocycles. The maximum Gasteiger partial charge on any atom is 0.422 e. The van der Waals surface area contributed by atoms with E-state index in [1.165, 1.54) is 6.20 Å². The molecule has 1 atom stereocenters. The summed E-state index contributed by atoms with van der Waals surface area (Å²) in [6.45, 7) is 1.89. The Bertz CT molecular complexity index is 1620. The third-order valence-electron chi connectivity index (χ3n) is 7.69. The van der Waals surface area contributed by atoms with Crippen LogP contribution in [0.3, 0.4) is 0 Å². The van der Waals surface area contributed by atoms with Gasteiger partial charge in [0.05, 0.1) is 30.5 Å². The lowest BCUT2D eigenvalue weighted by atomic mass is 10.1. The fourth-order valence-corrected chi connectivity index (χ4v) is 5.37. The number of ether oxygens (including phenoxy) is 3. The Balaban J connectivity index is 1.36. The number of anilines is 2. The predicted molar refractivity (Wildman–Crippen MR) is 155 cm³/mol. The molecule has 2 aliphatic rings. The van der Waals surface area contributed by atoms with Gasteiger partial charge in [0.2, 0.25) is 11.8 Å². The van der Waals surface area contributed by atoms with E-state index in [1.807, 2.05) is 11.8 Å². The van der Waals surface area contributed by atoms with Crippen LogP contribution in [0.4, 0.5) is 29.2 Å². The molecule has 2 aliphatic heterocycles. The minimum Gasteiger partial charge on any atom is -0.490 e. The van der Waals surface area contributed by atoms with Crippen molar-refractivity contribution in [2.75, 3.05) is 44.8 Å². The number of aryl methyl sites for hydroxylation is 1. The molecule has 45 heavy (non-hydrogen) atoms. The number of nitrogens with one attached hydrogen (secondary N) is 1. The molecule has 1 N–H and O–H groups in total. The van der Waals surface area contributed by atoms with Crippen LogP contribution in [-0.4, -0.2) is 91.2 Å². The van der Waals surface area contributed by atoms with E-state index in [0.29, 0.717) is 84.7 Å². The fourth-order valence-electron chi connectivity index (χ4n) is 5.37. The molecule has 16 heteroatoms. The van der Waals surface area contributed by atoms with E-state index < -0.39 is 19.5 Å². The summed E-state index contributed by atoms with van der Waals surface area (Å²) in [6.07, 6.45) is 3.31. The van der Waals surface area contributed by atoms with Gasteiger partial charge in [-0.05, 0) is 25.8 Å². The Labute approximate surface area is 256 Å². The first-order valence-corrected chi connectivity index (χ1v) is 14.7. The van der Waals surface area contributed by atoms with E-state index in [9.17, 15) is 17.6 Å². The second-order valence-electron chi connectivity index (χ2n) is 11.0. The molecule has 0 aromatic carbocycles. The van der Waals surface area contributed by atoms with E-state index in [0.717, 1.165) is 0 Å². The molecule has 4 aromatic rings. The Morgan fingerprint density at radius 1 is 1.07 bits per heavy atom. The van der Waals surface area contributed by atoms with Crippen molar-refractivity contribution in [2.24, 2.45) is 7.05 Å². The van der Waals surface area contributed by atoms with E-state index >= 15 is 0 Å². The highest BCUT2D eigenvalue weighted by atomic mass is 19.4. The Morgan fingerprint density at radius 3 is 2.67 bits per heavy atom. The molecule has 1 fully saturated rings. The van der Waals surface area contributed by atoms with Gasteiger partial charge in [0.15, 0.2) is 12.4 Å². The molecule has 4 bridgehead atoms. The molecule has 0 aliphatic carbocycles. The zero-order valence-electron chi connectivity index (χ0n) is 24.8. The molecular formula is C29H33F4N9O3. The number of rotatable bonds is 6. The number of piperidine rings is 1. The molecule has 0 amide bonds. The highest BCUT2D eigenvalue weighted by molar-refractivity contribution is 5.75. The van der Waals surface area contributed by atoms with Gasteiger partial charge in [0.25, 0.3) is 0 Å². The van der Waals surface area contributed by atoms with Crippen LogP contribution in [0.1, 0.15) is 32.2 Å². The largest absolute Gasteiger partial charge is 0.490 e. The monoisotopic (exact) mass is 631 g/mol. The summed E-state index contributed by atoms with van der Waals surface area (Å²) in [5.41, 5.74) is 1.36. The molecule has 6 heterocycles. The standard InChI is InChI=1S/C29H33F4N9O3/c1-18-6-12-43-28-21(15-36-40(28)2)26-34-8-3-24(38-26)37-25-13-23(45-18)20(14-35-25)22-16-42(39-27(22)44-17-29(31,32)33)19-4-9-41(10-5-19)11-7-30/h3,8,13-16,18-19H,4-7,9-12,17H2,1-2H3,(H,34,35,37,38)/t18-/m0/s1. The average molecular weight is 632 g/mol. The van der Waals surface area contributed by atoms with E-state index in [4.69, 9.17) is 14.2 Å². The number of fused-ring (bicyclic) bond motifs is 6. The second-order valence-corrected chi connectivity index (χ2v) is 11.0. The predicted octanol–water partition coefficient (Wildman–Crippen LogP) is 4.98. The Kier molecular flexibility index (Phi) is 8.74. The molecule has 4 aromatic heterocycles. The molecule has 240 valence electrons. The van der Waals surface area contributed by atoms with Gasteiger partial charge in [-0.3, -0.25) is 4.68 Å². The first kappa shape index (κ1) is 30.6. The number of pyridine rings is 1. The number of halogens is 4. The fraction of sp³-hybridized carbons (Fsp3) is 0.483. The van der Waals surface area contributed by atoms with E-state index in [-0.39, 0.29) is 24.6 Å². The maximum absolute atomic E-state index is 13.2. The number of hydrogen-bond acceptors (Lipinski definition) is 10. The van der Waals surface area contributed by atoms with Crippen molar-refractivity contribution < 1.29 is 31.8 Å². The third kappa shape index (κ3) is 7.10. The SMILES string of the molecule is C[C@H]1CCOc2c(cnn2C)-c2nccc(n2)Nc2cc(c(-c3cn(C4CCN(CCF)CC4)nc3OCC(F)(F)F)cn2)O1. The van der Waals surface area contributed by atoms with Crippen molar-refractivity contribution in [3.05, 3.63) is 36.9 Å². The minimum absolute atomic E-state index is 0.0911. The first-order valence-electron chi connectivity index (χ1n) is 14.7. The highest BCUT2D eigenvalue weighted by Crippen LogP contribution is 2.40. The van der Waals surface area contributed by atoms with Crippen LogP contribution in [0, 0.1) is 0 Å². The molecule has 0 unspecified atom stereocenters. The van der Waals surface area contributed by atoms with Gasteiger partial charge < -0.3 is 24.4 Å². The lowest BCUT2D eigenvalue weighted by molar-refractivity contribution is -0.154. The number of aromatic nitrogens is 7. The van der Waals surface area contributed by atoms with Crippen molar-refractivity contribution in [1.82, 2.24) is 39.4 Å². The van der Waals surface area contributed by atoms with Crippen molar-refractivity contribution in [3.63, 3.8) is 0 Å². The topological polar surface area (TPSA) is 117 Å². The molecular weight excluding hydrogens is 598 g/mol. The number of alkyl halides is 4. The van der Waals surface area contributed by atoms with Crippen LogP contribution in [0.2, 0.25) is 0 Å². The lowest BCUT2D eigenvalue weighted by Crippen LogP contribution is -2.36. The van der Waals surface area contributed by atoms with Crippen molar-refractivity contribution in [1.29, 1.82) is 0 Å². The highest BCUT2D eigenvalue weighted by Gasteiger charge is 2.31. The zero-order chi connectivity index (χ0) is 31.6. The van der Waals surface area contributed by atoms with Gasteiger partial charge in [0, 0.05) is 63.3 Å². The van der Waals surface area contributed by atoms with E-state index in [1.54, 1.807) is 47.1 Å². The lowest BCUT2D eigenvalue weighted by Gasteiger charge is -2.31. The molecule has 12 nitrogen and oxygen atoms in total. The number of likely N-dealkylation sites (tertiary alicyclic amines) is 1. The van der Waals surface area contributed by atoms with Crippen molar-refractivity contribution in [2.45, 2.75) is 44.5 Å².